The van der Waals surface area contributed by atoms with Crippen molar-refractivity contribution in [2.24, 2.45) is 0 Å². The molecule has 4 N–H and O–H groups in total. The SMILES string of the molecule is O=C(O)[C@@H](CO)NS(=O)(=O)NC1CC1. The second kappa shape index (κ2) is 4.22. The Morgan fingerprint density at radius 2 is 2.07 bits per heavy atom. The zero-order valence-electron chi connectivity index (χ0n) is 7.30. The van der Waals surface area contributed by atoms with Gasteiger partial charge in [-0.05, 0) is 12.8 Å². The minimum Gasteiger partial charge on any atom is -0.480 e. The van der Waals surface area contributed by atoms with Crippen LogP contribution in [0.4, 0.5) is 0 Å². The van der Waals surface area contributed by atoms with Crippen LogP contribution in [0.5, 0.6) is 0 Å². The molecule has 0 aromatic carbocycles. The van der Waals surface area contributed by atoms with Crippen LogP contribution in [-0.4, -0.2) is 43.3 Å². The Balaban J connectivity index is 2.50. The first-order valence-corrected chi connectivity index (χ1v) is 5.56. The number of nitrogens with one attached hydrogen (secondary N) is 2. The number of aliphatic carboxylic acids is 1. The predicted molar refractivity (Wildman–Crippen MR) is 46.7 cm³/mol. The summed E-state index contributed by atoms with van der Waals surface area (Å²) < 4.78 is 26.4. The molecule has 1 aliphatic carbocycles. The summed E-state index contributed by atoms with van der Waals surface area (Å²) in [5, 5.41) is 17.0. The molecule has 0 spiro atoms. The lowest BCUT2D eigenvalue weighted by Crippen LogP contribution is -2.48. The van der Waals surface area contributed by atoms with E-state index < -0.39 is 28.8 Å². The van der Waals surface area contributed by atoms with E-state index in [1.54, 1.807) is 0 Å². The fraction of sp³-hybridized carbons (Fsp3) is 0.833. The molecule has 0 amide bonds. The van der Waals surface area contributed by atoms with Gasteiger partial charge in [0.15, 0.2) is 0 Å². The van der Waals surface area contributed by atoms with E-state index in [9.17, 15) is 13.2 Å². The van der Waals surface area contributed by atoms with Crippen LogP contribution >= 0.6 is 0 Å². The second-order valence-corrected chi connectivity index (χ2v) is 4.57. The summed E-state index contributed by atoms with van der Waals surface area (Å²) in [5.74, 6) is -1.41. The minimum absolute atomic E-state index is 0.0966. The lowest BCUT2D eigenvalue weighted by atomic mass is 10.3. The highest BCUT2D eigenvalue weighted by molar-refractivity contribution is 7.87. The zero-order chi connectivity index (χ0) is 10.8. The van der Waals surface area contributed by atoms with E-state index >= 15 is 0 Å². The van der Waals surface area contributed by atoms with E-state index in [4.69, 9.17) is 10.2 Å². The van der Waals surface area contributed by atoms with Crippen LogP contribution in [0, 0.1) is 0 Å². The maximum Gasteiger partial charge on any atom is 0.324 e. The zero-order valence-corrected chi connectivity index (χ0v) is 8.12. The molecule has 1 rings (SSSR count). The van der Waals surface area contributed by atoms with Crippen LogP contribution in [0.2, 0.25) is 0 Å². The molecule has 1 atom stereocenters. The summed E-state index contributed by atoms with van der Waals surface area (Å²) in [6.45, 7) is -0.777. The van der Waals surface area contributed by atoms with Gasteiger partial charge in [0.1, 0.15) is 6.04 Å². The van der Waals surface area contributed by atoms with Gasteiger partial charge in [0.2, 0.25) is 0 Å². The summed E-state index contributed by atoms with van der Waals surface area (Å²) in [5.41, 5.74) is 0. The van der Waals surface area contributed by atoms with E-state index in [1.165, 1.54) is 0 Å². The van der Waals surface area contributed by atoms with Crippen LogP contribution in [0.25, 0.3) is 0 Å². The third-order valence-electron chi connectivity index (χ3n) is 1.68. The number of aliphatic hydroxyl groups is 1. The highest BCUT2D eigenvalue weighted by Gasteiger charge is 2.29. The molecule has 0 heterocycles. The molecule has 0 unspecified atom stereocenters. The molecule has 1 saturated carbocycles. The topological polar surface area (TPSA) is 116 Å². The highest BCUT2D eigenvalue weighted by Crippen LogP contribution is 2.19. The van der Waals surface area contributed by atoms with Crippen molar-refractivity contribution in [1.82, 2.24) is 9.44 Å². The summed E-state index contributed by atoms with van der Waals surface area (Å²) in [6.07, 6.45) is 1.52. The third kappa shape index (κ3) is 3.58. The molecule has 0 aromatic rings. The van der Waals surface area contributed by atoms with E-state index in [0.717, 1.165) is 12.8 Å². The monoisotopic (exact) mass is 224 g/mol. The largest absolute Gasteiger partial charge is 0.480 e. The Morgan fingerprint density at radius 1 is 1.50 bits per heavy atom. The number of carboxylic acid groups (broad SMARTS) is 1. The molecule has 0 bridgehead atoms. The quantitative estimate of drug-likeness (QED) is 0.417. The normalized spacial score (nSPS) is 19.2. The number of carbonyl (C=O) groups is 1. The van der Waals surface area contributed by atoms with E-state index in [1.807, 2.05) is 4.72 Å². The van der Waals surface area contributed by atoms with Gasteiger partial charge in [0.25, 0.3) is 10.2 Å². The summed E-state index contributed by atoms with van der Waals surface area (Å²) in [4.78, 5) is 10.4. The molecule has 0 saturated heterocycles. The minimum atomic E-state index is -3.82. The van der Waals surface area contributed by atoms with Crippen molar-refractivity contribution in [2.75, 3.05) is 6.61 Å². The molecule has 0 aromatic heterocycles. The average molecular weight is 224 g/mol. The summed E-state index contributed by atoms with van der Waals surface area (Å²) in [6, 6.07) is -1.59. The first kappa shape index (κ1) is 11.4. The number of hydrogen-bond donors (Lipinski definition) is 4. The molecule has 0 radical (unpaired) electrons. The van der Waals surface area contributed by atoms with Gasteiger partial charge in [-0.2, -0.15) is 17.9 Å². The number of carboxylic acids is 1. The predicted octanol–water partition coefficient (Wildman–Crippen LogP) is -1.98. The van der Waals surface area contributed by atoms with Gasteiger partial charge >= 0.3 is 5.97 Å². The number of rotatable bonds is 6. The van der Waals surface area contributed by atoms with Crippen molar-refractivity contribution in [3.05, 3.63) is 0 Å². The van der Waals surface area contributed by atoms with Crippen molar-refractivity contribution in [2.45, 2.75) is 24.9 Å². The van der Waals surface area contributed by atoms with Gasteiger partial charge < -0.3 is 10.2 Å². The number of aliphatic hydroxyl groups excluding tert-OH is 1. The van der Waals surface area contributed by atoms with E-state index in [0.29, 0.717) is 0 Å². The standard InChI is InChI=1S/C6H12N2O5S/c9-3-5(6(10)11)8-14(12,13)7-4-1-2-4/h4-5,7-9H,1-3H2,(H,10,11)/t5-/m1/s1. The summed E-state index contributed by atoms with van der Waals surface area (Å²) in [7, 11) is -3.82. The van der Waals surface area contributed by atoms with Crippen LogP contribution in [-0.2, 0) is 15.0 Å². The van der Waals surface area contributed by atoms with E-state index in [-0.39, 0.29) is 6.04 Å². The first-order valence-electron chi connectivity index (χ1n) is 4.08. The van der Waals surface area contributed by atoms with Crippen LogP contribution in [0.3, 0.4) is 0 Å². The van der Waals surface area contributed by atoms with Gasteiger partial charge in [-0.15, -0.1) is 0 Å². The Hall–Kier alpha value is -0.700. The number of hydrogen-bond acceptors (Lipinski definition) is 4. The van der Waals surface area contributed by atoms with E-state index in [2.05, 4.69) is 4.72 Å². The molecule has 0 aliphatic heterocycles. The maximum atomic E-state index is 11.2. The molecule has 82 valence electrons. The van der Waals surface area contributed by atoms with Gasteiger partial charge in [0.05, 0.1) is 6.61 Å². The molecule has 1 aliphatic rings. The average Bonchev–Trinajstić information content (AvgIpc) is 2.82. The Kier molecular flexibility index (Phi) is 3.43. The Labute approximate surface area is 81.3 Å². The van der Waals surface area contributed by atoms with Gasteiger partial charge in [0, 0.05) is 6.04 Å². The van der Waals surface area contributed by atoms with Crippen molar-refractivity contribution in [3.8, 4) is 0 Å². The summed E-state index contributed by atoms with van der Waals surface area (Å²) >= 11 is 0. The molecular weight excluding hydrogens is 212 g/mol. The fourth-order valence-electron chi connectivity index (χ4n) is 0.808. The first-order chi connectivity index (χ1) is 6.44. The van der Waals surface area contributed by atoms with Gasteiger partial charge in [-0.25, -0.2) is 0 Å². The Bertz CT molecular complexity index is 310. The smallest absolute Gasteiger partial charge is 0.324 e. The van der Waals surface area contributed by atoms with Crippen molar-refractivity contribution < 1.29 is 23.4 Å². The highest BCUT2D eigenvalue weighted by atomic mass is 32.2. The molecule has 14 heavy (non-hydrogen) atoms. The van der Waals surface area contributed by atoms with Crippen LogP contribution in [0.1, 0.15) is 12.8 Å². The fourth-order valence-corrected chi connectivity index (χ4v) is 2.10. The maximum absolute atomic E-state index is 11.2. The van der Waals surface area contributed by atoms with Gasteiger partial charge in [-0.1, -0.05) is 0 Å². The second-order valence-electron chi connectivity index (χ2n) is 3.09. The molecule has 8 heteroatoms. The van der Waals surface area contributed by atoms with Crippen LogP contribution < -0.4 is 9.44 Å². The van der Waals surface area contributed by atoms with Gasteiger partial charge in [-0.3, -0.25) is 4.79 Å². The molecule has 1 fully saturated rings. The third-order valence-corrected chi connectivity index (χ3v) is 2.92. The van der Waals surface area contributed by atoms with Crippen molar-refractivity contribution >= 4 is 16.2 Å². The van der Waals surface area contributed by atoms with Crippen LogP contribution in [0.15, 0.2) is 0 Å². The lowest BCUT2D eigenvalue weighted by Gasteiger charge is -2.12. The Morgan fingerprint density at radius 3 is 2.43 bits per heavy atom. The molecular formula is C6H12N2O5S. The van der Waals surface area contributed by atoms with Crippen molar-refractivity contribution in [3.63, 3.8) is 0 Å². The molecule has 7 nitrogen and oxygen atoms in total. The van der Waals surface area contributed by atoms with Crippen molar-refractivity contribution in [1.29, 1.82) is 0 Å². The lowest BCUT2D eigenvalue weighted by molar-refractivity contribution is -0.139.